The van der Waals surface area contributed by atoms with E-state index in [2.05, 4.69) is 13.8 Å². The first-order valence-electron chi connectivity index (χ1n) is 7.02. The number of aliphatic hydroxyl groups is 1. The summed E-state index contributed by atoms with van der Waals surface area (Å²) in [6.45, 7) is 6.32. The van der Waals surface area contributed by atoms with Crippen LogP contribution in [0.4, 0.5) is 0 Å². The van der Waals surface area contributed by atoms with E-state index in [4.69, 9.17) is 4.74 Å². The number of carbonyl (C=O) groups excluding carboxylic acids is 1. The predicted octanol–water partition coefficient (Wildman–Crippen LogP) is 2.44. The van der Waals surface area contributed by atoms with Crippen molar-refractivity contribution in [2.75, 3.05) is 0 Å². The summed E-state index contributed by atoms with van der Waals surface area (Å²) in [7, 11) is 0. The molecule has 3 rings (SSSR count). The normalized spacial score (nSPS) is 47.7. The van der Waals surface area contributed by atoms with E-state index in [9.17, 15) is 9.90 Å². The van der Waals surface area contributed by atoms with Gasteiger partial charge in [0.05, 0.1) is 6.10 Å². The third-order valence-corrected chi connectivity index (χ3v) is 5.86. The Labute approximate surface area is 108 Å². The molecule has 2 saturated carbocycles. The van der Waals surface area contributed by atoms with Gasteiger partial charge < -0.3 is 9.84 Å². The third kappa shape index (κ3) is 1.49. The van der Waals surface area contributed by atoms with Crippen molar-refractivity contribution < 1.29 is 14.6 Å². The fourth-order valence-electron chi connectivity index (χ4n) is 4.22. The van der Waals surface area contributed by atoms with Crippen LogP contribution < -0.4 is 0 Å². The van der Waals surface area contributed by atoms with Crippen molar-refractivity contribution in [1.82, 2.24) is 0 Å². The maximum absolute atomic E-state index is 11.7. The van der Waals surface area contributed by atoms with Crippen LogP contribution >= 0.6 is 0 Å². The van der Waals surface area contributed by atoms with Crippen LogP contribution in [0, 0.1) is 17.3 Å². The van der Waals surface area contributed by atoms with Crippen LogP contribution in [0.3, 0.4) is 0 Å². The highest BCUT2D eigenvalue weighted by Gasteiger charge is 2.52. The second kappa shape index (κ2) is 3.83. The molecular formula is C15H22O3. The average molecular weight is 250 g/mol. The minimum absolute atomic E-state index is 0.0259. The van der Waals surface area contributed by atoms with E-state index in [1.807, 2.05) is 6.92 Å². The summed E-state index contributed by atoms with van der Waals surface area (Å²) in [6, 6.07) is 0. The van der Waals surface area contributed by atoms with E-state index in [0.29, 0.717) is 11.8 Å². The van der Waals surface area contributed by atoms with Gasteiger partial charge >= 0.3 is 5.97 Å². The Morgan fingerprint density at radius 3 is 2.83 bits per heavy atom. The molecule has 100 valence electrons. The molecule has 0 aromatic heterocycles. The summed E-state index contributed by atoms with van der Waals surface area (Å²) in [5.74, 6) is 0.738. The molecular weight excluding hydrogens is 228 g/mol. The Balaban J connectivity index is 1.96. The first-order valence-corrected chi connectivity index (χ1v) is 7.02. The lowest BCUT2D eigenvalue weighted by atomic mass is 9.53. The van der Waals surface area contributed by atoms with Crippen molar-refractivity contribution in [2.45, 2.75) is 58.7 Å². The standard InChI is InChI=1S/C15H22O3/c1-8-11-7-15(3)9(2)12(16)5-4-10(15)6-13(11)18-14(8)17/h9-10,12-13,16H,4-7H2,1-3H3/t9-,10+,12-,13-,15+/m0/s1. The highest BCUT2D eigenvalue weighted by molar-refractivity contribution is 5.91. The number of aliphatic hydroxyl groups excluding tert-OH is 1. The van der Waals surface area contributed by atoms with E-state index in [1.54, 1.807) is 0 Å². The summed E-state index contributed by atoms with van der Waals surface area (Å²) in [6.07, 6.45) is 3.65. The Morgan fingerprint density at radius 2 is 2.11 bits per heavy atom. The van der Waals surface area contributed by atoms with Gasteiger partial charge in [0.2, 0.25) is 0 Å². The lowest BCUT2D eigenvalue weighted by molar-refractivity contribution is -0.143. The molecule has 3 heteroatoms. The lowest BCUT2D eigenvalue weighted by Gasteiger charge is -2.52. The molecule has 0 spiro atoms. The minimum Gasteiger partial charge on any atom is -0.454 e. The highest BCUT2D eigenvalue weighted by Crippen LogP contribution is 2.56. The smallest absolute Gasteiger partial charge is 0.334 e. The van der Waals surface area contributed by atoms with Gasteiger partial charge in [-0.3, -0.25) is 0 Å². The number of hydrogen-bond acceptors (Lipinski definition) is 3. The molecule has 2 fully saturated rings. The second-order valence-electron chi connectivity index (χ2n) is 6.59. The van der Waals surface area contributed by atoms with Crippen molar-refractivity contribution in [1.29, 1.82) is 0 Å². The number of carbonyl (C=O) groups is 1. The first-order chi connectivity index (χ1) is 8.43. The molecule has 0 aromatic carbocycles. The molecule has 18 heavy (non-hydrogen) atoms. The Bertz CT molecular complexity index is 425. The molecule has 0 saturated heterocycles. The lowest BCUT2D eigenvalue weighted by Crippen LogP contribution is -2.49. The first kappa shape index (κ1) is 12.2. The van der Waals surface area contributed by atoms with E-state index < -0.39 is 0 Å². The van der Waals surface area contributed by atoms with E-state index in [-0.39, 0.29) is 23.6 Å². The number of ether oxygens (including phenoxy) is 1. The van der Waals surface area contributed by atoms with Gasteiger partial charge in [-0.1, -0.05) is 13.8 Å². The Kier molecular flexibility index (Phi) is 2.60. The summed E-state index contributed by atoms with van der Waals surface area (Å²) < 4.78 is 5.46. The molecule has 0 radical (unpaired) electrons. The molecule has 0 aromatic rings. The van der Waals surface area contributed by atoms with E-state index in [0.717, 1.165) is 31.3 Å². The molecule has 0 unspecified atom stereocenters. The molecule has 3 nitrogen and oxygen atoms in total. The van der Waals surface area contributed by atoms with Crippen LogP contribution in [0.1, 0.15) is 46.5 Å². The van der Waals surface area contributed by atoms with E-state index in [1.165, 1.54) is 5.57 Å². The average Bonchev–Trinajstić information content (AvgIpc) is 2.60. The van der Waals surface area contributed by atoms with Crippen LogP contribution in [-0.2, 0) is 9.53 Å². The van der Waals surface area contributed by atoms with Gasteiger partial charge in [0, 0.05) is 5.57 Å². The van der Waals surface area contributed by atoms with Gasteiger partial charge in [-0.2, -0.15) is 0 Å². The zero-order chi connectivity index (χ0) is 13.1. The zero-order valence-electron chi connectivity index (χ0n) is 11.4. The van der Waals surface area contributed by atoms with Crippen LogP contribution in [0.2, 0.25) is 0 Å². The quantitative estimate of drug-likeness (QED) is 0.672. The highest BCUT2D eigenvalue weighted by atomic mass is 16.5. The van der Waals surface area contributed by atoms with Crippen LogP contribution in [0.25, 0.3) is 0 Å². The Hall–Kier alpha value is -0.830. The third-order valence-electron chi connectivity index (χ3n) is 5.86. The molecule has 2 aliphatic carbocycles. The Morgan fingerprint density at radius 1 is 1.39 bits per heavy atom. The monoisotopic (exact) mass is 250 g/mol. The van der Waals surface area contributed by atoms with Crippen LogP contribution in [0.15, 0.2) is 11.1 Å². The summed E-state index contributed by atoms with van der Waals surface area (Å²) in [5, 5.41) is 10.1. The summed E-state index contributed by atoms with van der Waals surface area (Å²) >= 11 is 0. The van der Waals surface area contributed by atoms with Crippen LogP contribution in [0.5, 0.6) is 0 Å². The minimum atomic E-state index is -0.193. The van der Waals surface area contributed by atoms with Crippen molar-refractivity contribution in [2.24, 2.45) is 17.3 Å². The number of esters is 1. The molecule has 0 bridgehead atoms. The fourth-order valence-corrected chi connectivity index (χ4v) is 4.22. The molecule has 5 atom stereocenters. The predicted molar refractivity (Wildman–Crippen MR) is 67.8 cm³/mol. The maximum atomic E-state index is 11.7. The van der Waals surface area contributed by atoms with Crippen molar-refractivity contribution in [3.05, 3.63) is 11.1 Å². The maximum Gasteiger partial charge on any atom is 0.334 e. The van der Waals surface area contributed by atoms with E-state index >= 15 is 0 Å². The van der Waals surface area contributed by atoms with Gasteiger partial charge in [0.1, 0.15) is 6.10 Å². The van der Waals surface area contributed by atoms with Gasteiger partial charge in [0.25, 0.3) is 0 Å². The summed E-state index contributed by atoms with van der Waals surface area (Å²) in [4.78, 5) is 11.7. The zero-order valence-corrected chi connectivity index (χ0v) is 11.4. The number of hydrogen-bond donors (Lipinski definition) is 1. The SMILES string of the molecule is CC1=C2C[C@@]3(C)[C@H](CC[C@H](O)[C@@H]3C)C[C@@H]2OC1=O. The molecule has 1 aliphatic heterocycles. The molecule has 0 amide bonds. The van der Waals surface area contributed by atoms with Gasteiger partial charge in [-0.25, -0.2) is 4.79 Å². The molecule has 1 heterocycles. The summed E-state index contributed by atoms with van der Waals surface area (Å²) in [5.41, 5.74) is 2.13. The van der Waals surface area contributed by atoms with Crippen molar-refractivity contribution >= 4 is 5.97 Å². The largest absolute Gasteiger partial charge is 0.454 e. The fraction of sp³-hybridized carbons (Fsp3) is 0.800. The number of fused-ring (bicyclic) bond motifs is 2. The van der Waals surface area contributed by atoms with Gasteiger partial charge in [-0.15, -0.1) is 0 Å². The van der Waals surface area contributed by atoms with Crippen molar-refractivity contribution in [3.63, 3.8) is 0 Å². The van der Waals surface area contributed by atoms with Gasteiger partial charge in [-0.05, 0) is 55.4 Å². The molecule has 3 aliphatic rings. The van der Waals surface area contributed by atoms with Crippen molar-refractivity contribution in [3.8, 4) is 0 Å². The van der Waals surface area contributed by atoms with Gasteiger partial charge in [0.15, 0.2) is 0 Å². The topological polar surface area (TPSA) is 46.5 Å². The van der Waals surface area contributed by atoms with Crippen LogP contribution in [-0.4, -0.2) is 23.3 Å². The molecule has 1 N–H and O–H groups in total. The second-order valence-corrected chi connectivity index (χ2v) is 6.59. The number of rotatable bonds is 0.